The van der Waals surface area contributed by atoms with E-state index in [1.165, 1.54) is 0 Å². The number of nitro groups is 1. The van der Waals surface area contributed by atoms with E-state index in [2.05, 4.69) is 5.14 Å². The topological polar surface area (TPSA) is 136 Å². The van der Waals surface area contributed by atoms with Gasteiger partial charge in [-0.3, -0.25) is 14.8 Å². The van der Waals surface area contributed by atoms with Gasteiger partial charge in [0.1, 0.15) is 5.75 Å². The van der Waals surface area contributed by atoms with E-state index in [4.69, 9.17) is 0 Å². The van der Waals surface area contributed by atoms with Gasteiger partial charge < -0.3 is 5.11 Å². The van der Waals surface area contributed by atoms with Gasteiger partial charge >= 0.3 is 0 Å². The minimum absolute atomic E-state index is 0.219. The first-order valence-electron chi connectivity index (χ1n) is 3.57. The molecule has 0 atom stereocenters. The van der Waals surface area contributed by atoms with Gasteiger partial charge in [0.15, 0.2) is 0 Å². The Bertz CT molecular complexity index is 497. The molecular formula is C6H7N3O5S. The van der Waals surface area contributed by atoms with Gasteiger partial charge in [-0.05, 0) is 6.07 Å². The quantitative estimate of drug-likeness (QED) is 0.381. The average Bonchev–Trinajstić information content (AvgIpc) is 2.05. The maximum atomic E-state index is 10.6. The lowest BCUT2D eigenvalue weighted by Gasteiger charge is -2.04. The Balaban J connectivity index is 3.09. The minimum atomic E-state index is -4.01. The van der Waals surface area contributed by atoms with Crippen LogP contribution in [0.15, 0.2) is 18.2 Å². The van der Waals surface area contributed by atoms with Crippen molar-refractivity contribution in [3.8, 4) is 5.75 Å². The van der Waals surface area contributed by atoms with Crippen LogP contribution >= 0.6 is 0 Å². The van der Waals surface area contributed by atoms with Crippen molar-refractivity contribution in [1.82, 2.24) is 0 Å². The second-order valence-corrected chi connectivity index (χ2v) is 3.90. The highest BCUT2D eigenvalue weighted by molar-refractivity contribution is 7.90. The summed E-state index contributed by atoms with van der Waals surface area (Å²) in [4.78, 5) is 9.56. The number of phenolic OH excluding ortho intramolecular Hbond substituents is 1. The third kappa shape index (κ3) is 3.07. The summed E-state index contributed by atoms with van der Waals surface area (Å²) >= 11 is 0. The smallest absolute Gasteiger partial charge is 0.296 e. The first-order valence-corrected chi connectivity index (χ1v) is 5.12. The van der Waals surface area contributed by atoms with E-state index in [0.29, 0.717) is 0 Å². The van der Waals surface area contributed by atoms with Gasteiger partial charge in [0.2, 0.25) is 0 Å². The van der Waals surface area contributed by atoms with Crippen LogP contribution in [0, 0.1) is 10.1 Å². The number of hydrogen-bond donors (Lipinski definition) is 3. The molecule has 0 amide bonds. The summed E-state index contributed by atoms with van der Waals surface area (Å²) in [6.45, 7) is 0. The zero-order valence-corrected chi connectivity index (χ0v) is 8.06. The van der Waals surface area contributed by atoms with Crippen molar-refractivity contribution in [2.75, 3.05) is 4.72 Å². The molecule has 0 radical (unpaired) electrons. The zero-order chi connectivity index (χ0) is 11.6. The molecule has 9 heteroatoms. The van der Waals surface area contributed by atoms with Gasteiger partial charge in [-0.2, -0.15) is 8.42 Å². The van der Waals surface area contributed by atoms with Crippen LogP contribution < -0.4 is 9.86 Å². The lowest BCUT2D eigenvalue weighted by atomic mass is 10.3. The van der Waals surface area contributed by atoms with Gasteiger partial charge in [-0.1, -0.05) is 0 Å². The molecule has 8 nitrogen and oxygen atoms in total. The van der Waals surface area contributed by atoms with E-state index in [9.17, 15) is 23.6 Å². The Labute approximate surface area is 84.7 Å². The van der Waals surface area contributed by atoms with Gasteiger partial charge in [-0.25, -0.2) is 5.14 Å². The van der Waals surface area contributed by atoms with Crippen LogP contribution in [0.3, 0.4) is 0 Å². The number of aromatic hydroxyl groups is 1. The molecule has 1 aromatic rings. The SMILES string of the molecule is NS(=O)(=O)Nc1ccc([N+](=O)[O-])cc1O. The second-order valence-electron chi connectivity index (χ2n) is 2.61. The lowest BCUT2D eigenvalue weighted by Crippen LogP contribution is -2.21. The molecule has 1 aromatic carbocycles. The summed E-state index contributed by atoms with van der Waals surface area (Å²) in [5.41, 5.74) is -0.574. The highest BCUT2D eigenvalue weighted by atomic mass is 32.2. The molecular weight excluding hydrogens is 226 g/mol. The summed E-state index contributed by atoms with van der Waals surface area (Å²) in [5, 5.41) is 24.1. The predicted molar refractivity (Wildman–Crippen MR) is 51.5 cm³/mol. The molecule has 4 N–H and O–H groups in total. The third-order valence-corrected chi connectivity index (χ3v) is 1.95. The van der Waals surface area contributed by atoms with E-state index >= 15 is 0 Å². The number of anilines is 1. The van der Waals surface area contributed by atoms with Crippen molar-refractivity contribution in [3.05, 3.63) is 28.3 Å². The normalized spacial score (nSPS) is 11.0. The van der Waals surface area contributed by atoms with Crippen LogP contribution in [0.1, 0.15) is 0 Å². The number of hydrogen-bond acceptors (Lipinski definition) is 5. The Kier molecular flexibility index (Phi) is 2.77. The van der Waals surface area contributed by atoms with E-state index in [-0.39, 0.29) is 11.4 Å². The number of phenols is 1. The molecule has 15 heavy (non-hydrogen) atoms. The van der Waals surface area contributed by atoms with E-state index in [1.54, 1.807) is 4.72 Å². The van der Waals surface area contributed by atoms with Crippen LogP contribution in [0.4, 0.5) is 11.4 Å². The number of nitrogens with zero attached hydrogens (tertiary/aromatic N) is 1. The maximum absolute atomic E-state index is 10.6. The largest absolute Gasteiger partial charge is 0.505 e. The van der Waals surface area contributed by atoms with Crippen LogP contribution in [0.5, 0.6) is 5.75 Å². The second kappa shape index (κ2) is 3.71. The fourth-order valence-electron chi connectivity index (χ4n) is 0.873. The van der Waals surface area contributed by atoms with Crippen LogP contribution in [-0.4, -0.2) is 18.4 Å². The van der Waals surface area contributed by atoms with E-state index in [1.807, 2.05) is 0 Å². The molecule has 0 heterocycles. The summed E-state index contributed by atoms with van der Waals surface area (Å²) in [6, 6.07) is 2.89. The van der Waals surface area contributed by atoms with E-state index < -0.39 is 20.9 Å². The molecule has 82 valence electrons. The van der Waals surface area contributed by atoms with Gasteiger partial charge in [0.25, 0.3) is 15.9 Å². The molecule has 0 bridgehead atoms. The maximum Gasteiger partial charge on any atom is 0.296 e. The Morgan fingerprint density at radius 3 is 2.47 bits per heavy atom. The number of benzene rings is 1. The predicted octanol–water partition coefficient (Wildman–Crippen LogP) is -0.0842. The Morgan fingerprint density at radius 1 is 1.47 bits per heavy atom. The van der Waals surface area contributed by atoms with Crippen molar-refractivity contribution < 1.29 is 18.4 Å². The van der Waals surface area contributed by atoms with Crippen LogP contribution in [-0.2, 0) is 10.2 Å². The molecule has 0 aliphatic rings. The molecule has 0 aromatic heterocycles. The summed E-state index contributed by atoms with van der Waals surface area (Å²) in [7, 11) is -4.01. The molecule has 0 spiro atoms. The van der Waals surface area contributed by atoms with Crippen molar-refractivity contribution in [1.29, 1.82) is 0 Å². The lowest BCUT2D eigenvalue weighted by molar-refractivity contribution is -0.384. The van der Waals surface area contributed by atoms with Crippen molar-refractivity contribution in [2.45, 2.75) is 0 Å². The molecule has 0 unspecified atom stereocenters. The Hall–Kier alpha value is -1.87. The van der Waals surface area contributed by atoms with Crippen LogP contribution in [0.25, 0.3) is 0 Å². The molecule has 0 fully saturated rings. The fraction of sp³-hybridized carbons (Fsp3) is 0. The standard InChI is InChI=1S/C6H7N3O5S/c7-15(13,14)8-5-2-1-4(9(11)12)3-6(5)10/h1-3,8,10H,(H2,7,13,14). The molecule has 1 rings (SSSR count). The first kappa shape index (κ1) is 11.2. The fourth-order valence-corrected chi connectivity index (χ4v) is 1.35. The van der Waals surface area contributed by atoms with E-state index in [0.717, 1.165) is 18.2 Å². The highest BCUT2D eigenvalue weighted by Gasteiger charge is 2.12. The highest BCUT2D eigenvalue weighted by Crippen LogP contribution is 2.27. The number of non-ortho nitro benzene ring substituents is 1. The molecule has 0 saturated heterocycles. The zero-order valence-electron chi connectivity index (χ0n) is 7.25. The summed E-state index contributed by atoms with van der Waals surface area (Å²) in [6.07, 6.45) is 0. The van der Waals surface area contributed by atoms with Crippen molar-refractivity contribution >= 4 is 21.6 Å². The molecule has 0 saturated carbocycles. The number of rotatable bonds is 3. The van der Waals surface area contributed by atoms with Gasteiger partial charge in [0.05, 0.1) is 16.7 Å². The van der Waals surface area contributed by atoms with Gasteiger partial charge in [-0.15, -0.1) is 0 Å². The first-order chi connectivity index (χ1) is 6.79. The molecule has 0 aliphatic heterocycles. The number of nitrogens with two attached hydrogens (primary N) is 1. The summed E-state index contributed by atoms with van der Waals surface area (Å²) in [5.74, 6) is -0.571. The Morgan fingerprint density at radius 2 is 2.07 bits per heavy atom. The van der Waals surface area contributed by atoms with Crippen LogP contribution in [0.2, 0.25) is 0 Å². The number of nitro benzene ring substituents is 1. The minimum Gasteiger partial charge on any atom is -0.505 e. The average molecular weight is 233 g/mol. The number of nitrogens with one attached hydrogen (secondary N) is 1. The molecule has 0 aliphatic carbocycles. The van der Waals surface area contributed by atoms with Gasteiger partial charge in [0, 0.05) is 6.07 Å². The summed E-state index contributed by atoms with van der Waals surface area (Å²) < 4.78 is 23.0. The van der Waals surface area contributed by atoms with Crippen molar-refractivity contribution in [3.63, 3.8) is 0 Å². The van der Waals surface area contributed by atoms with Crippen molar-refractivity contribution in [2.24, 2.45) is 5.14 Å². The monoisotopic (exact) mass is 233 g/mol. The third-order valence-electron chi connectivity index (χ3n) is 1.44.